The Morgan fingerprint density at radius 3 is 2.50 bits per heavy atom. The summed E-state index contributed by atoms with van der Waals surface area (Å²) in [7, 11) is -0.406. The number of carbonyl (C=O) groups excluding carboxylic acids is 1. The van der Waals surface area contributed by atoms with Gasteiger partial charge in [0, 0.05) is 25.1 Å². The van der Waals surface area contributed by atoms with E-state index < -0.39 is 8.07 Å². The number of hydrogen-bond acceptors (Lipinski definition) is 4. The summed E-state index contributed by atoms with van der Waals surface area (Å²) >= 11 is 0. The minimum absolute atomic E-state index is 0.0853. The van der Waals surface area contributed by atoms with Crippen LogP contribution in [0, 0.1) is 0 Å². The van der Waals surface area contributed by atoms with Gasteiger partial charge in [-0.05, 0) is 0 Å². The standard InChI is InChI=1S/C17H25NO3Si/c1-6-17(16(21-14(2)19)12-13-18-20-3)22(4,5)15-10-8-7-9-11-15/h6-11,13,16-17H,1,12H2,2-5H3/b18-13-/t16-,17+/m0/s1. The number of oxime groups is 1. The third-order valence-electron chi connectivity index (χ3n) is 3.84. The lowest BCUT2D eigenvalue weighted by molar-refractivity contribution is -0.145. The van der Waals surface area contributed by atoms with Crippen LogP contribution >= 0.6 is 0 Å². The zero-order valence-electron chi connectivity index (χ0n) is 13.8. The molecular weight excluding hydrogens is 294 g/mol. The van der Waals surface area contributed by atoms with E-state index in [-0.39, 0.29) is 17.6 Å². The first-order valence-corrected chi connectivity index (χ1v) is 10.4. The van der Waals surface area contributed by atoms with Crippen LogP contribution in [0.2, 0.25) is 18.6 Å². The number of hydrogen-bond donors (Lipinski definition) is 0. The van der Waals surface area contributed by atoms with Gasteiger partial charge in [0.2, 0.25) is 0 Å². The maximum absolute atomic E-state index is 11.5. The average molecular weight is 319 g/mol. The summed E-state index contributed by atoms with van der Waals surface area (Å²) in [5.74, 6) is -0.291. The molecular formula is C17H25NO3Si. The lowest BCUT2D eigenvalue weighted by atomic mass is 10.2. The molecule has 5 heteroatoms. The molecule has 0 N–H and O–H groups in total. The molecule has 0 bridgehead atoms. The van der Waals surface area contributed by atoms with Gasteiger partial charge in [0.25, 0.3) is 0 Å². The Kier molecular flexibility index (Phi) is 7.05. The van der Waals surface area contributed by atoms with E-state index in [1.54, 1.807) is 6.21 Å². The van der Waals surface area contributed by atoms with Gasteiger partial charge in [-0.2, -0.15) is 0 Å². The Balaban J connectivity index is 3.08. The fourth-order valence-electron chi connectivity index (χ4n) is 2.67. The summed E-state index contributed by atoms with van der Waals surface area (Å²) in [6.45, 7) is 9.93. The quantitative estimate of drug-likeness (QED) is 0.243. The predicted octanol–water partition coefficient (Wildman–Crippen LogP) is 3.11. The van der Waals surface area contributed by atoms with Gasteiger partial charge in [0.05, 0.1) is 8.07 Å². The second kappa shape index (κ2) is 8.53. The summed E-state index contributed by atoms with van der Waals surface area (Å²) in [4.78, 5) is 16.1. The zero-order valence-corrected chi connectivity index (χ0v) is 14.8. The molecule has 0 aromatic heterocycles. The fourth-order valence-corrected chi connectivity index (χ4v) is 5.83. The van der Waals surface area contributed by atoms with E-state index in [1.165, 1.54) is 19.2 Å². The van der Waals surface area contributed by atoms with Crippen molar-refractivity contribution in [2.24, 2.45) is 5.16 Å². The monoisotopic (exact) mass is 319 g/mol. The predicted molar refractivity (Wildman–Crippen MR) is 93.2 cm³/mol. The first-order valence-electron chi connectivity index (χ1n) is 7.33. The third-order valence-corrected chi connectivity index (χ3v) is 7.94. The lowest BCUT2D eigenvalue weighted by Gasteiger charge is -2.35. The highest BCUT2D eigenvalue weighted by Gasteiger charge is 2.38. The third kappa shape index (κ3) is 4.84. The second-order valence-electron chi connectivity index (χ2n) is 5.70. The smallest absolute Gasteiger partial charge is 0.302 e. The van der Waals surface area contributed by atoms with Crippen LogP contribution in [0.3, 0.4) is 0 Å². The molecule has 4 nitrogen and oxygen atoms in total. The molecule has 1 aromatic rings. The Hall–Kier alpha value is -1.88. The van der Waals surface area contributed by atoms with Crippen LogP contribution in [-0.4, -0.2) is 33.5 Å². The molecule has 0 heterocycles. The molecule has 0 amide bonds. The number of carbonyl (C=O) groups is 1. The first-order chi connectivity index (χ1) is 10.4. The fraction of sp³-hybridized carbons (Fsp3) is 0.412. The molecule has 1 aromatic carbocycles. The molecule has 0 saturated carbocycles. The van der Waals surface area contributed by atoms with Gasteiger partial charge in [-0.3, -0.25) is 4.79 Å². The summed E-state index contributed by atoms with van der Waals surface area (Å²) in [5.41, 5.74) is 0.0853. The topological polar surface area (TPSA) is 47.9 Å². The molecule has 22 heavy (non-hydrogen) atoms. The molecule has 0 aliphatic carbocycles. The first kappa shape index (κ1) is 18.2. The van der Waals surface area contributed by atoms with E-state index in [0.717, 1.165) is 0 Å². The van der Waals surface area contributed by atoms with Crippen molar-refractivity contribution >= 4 is 25.4 Å². The van der Waals surface area contributed by atoms with Gasteiger partial charge in [0.1, 0.15) is 13.2 Å². The highest BCUT2D eigenvalue weighted by atomic mass is 28.3. The number of benzene rings is 1. The van der Waals surface area contributed by atoms with E-state index >= 15 is 0 Å². The number of esters is 1. The highest BCUT2D eigenvalue weighted by molar-refractivity contribution is 6.91. The molecule has 0 radical (unpaired) electrons. The van der Waals surface area contributed by atoms with Crippen molar-refractivity contribution < 1.29 is 14.4 Å². The highest BCUT2D eigenvalue weighted by Crippen LogP contribution is 2.30. The van der Waals surface area contributed by atoms with E-state index in [4.69, 9.17) is 9.57 Å². The Morgan fingerprint density at radius 1 is 1.36 bits per heavy atom. The van der Waals surface area contributed by atoms with Crippen LogP contribution in [0.5, 0.6) is 0 Å². The molecule has 0 aliphatic heterocycles. The number of rotatable bonds is 8. The summed E-state index contributed by atoms with van der Waals surface area (Å²) in [6.07, 6.45) is 3.77. The number of ether oxygens (including phenoxy) is 1. The molecule has 0 fully saturated rings. The minimum atomic E-state index is -1.90. The van der Waals surface area contributed by atoms with Crippen molar-refractivity contribution in [1.82, 2.24) is 0 Å². The van der Waals surface area contributed by atoms with Crippen LogP contribution < -0.4 is 5.19 Å². The lowest BCUT2D eigenvalue weighted by Crippen LogP contribution is -2.50. The van der Waals surface area contributed by atoms with Gasteiger partial charge in [-0.15, -0.1) is 6.58 Å². The summed E-state index contributed by atoms with van der Waals surface area (Å²) in [6, 6.07) is 10.4. The molecule has 0 aliphatic rings. The maximum atomic E-state index is 11.5. The zero-order chi connectivity index (χ0) is 16.6. The maximum Gasteiger partial charge on any atom is 0.302 e. The van der Waals surface area contributed by atoms with Crippen LogP contribution in [-0.2, 0) is 14.4 Å². The molecule has 120 valence electrons. The van der Waals surface area contributed by atoms with E-state index in [0.29, 0.717) is 6.42 Å². The van der Waals surface area contributed by atoms with Gasteiger partial charge >= 0.3 is 5.97 Å². The molecule has 0 spiro atoms. The molecule has 0 unspecified atom stereocenters. The van der Waals surface area contributed by atoms with Crippen LogP contribution in [0.4, 0.5) is 0 Å². The van der Waals surface area contributed by atoms with Gasteiger partial charge < -0.3 is 9.57 Å². The minimum Gasteiger partial charge on any atom is -0.462 e. The van der Waals surface area contributed by atoms with Gasteiger partial charge in [-0.1, -0.05) is 59.8 Å². The van der Waals surface area contributed by atoms with Crippen molar-refractivity contribution in [3.05, 3.63) is 43.0 Å². The molecule has 2 atom stereocenters. The van der Waals surface area contributed by atoms with Crippen LogP contribution in [0.25, 0.3) is 0 Å². The normalized spacial score (nSPS) is 14.4. The van der Waals surface area contributed by atoms with E-state index in [1.807, 2.05) is 24.3 Å². The summed E-state index contributed by atoms with van der Waals surface area (Å²) < 4.78 is 5.54. The molecule has 0 saturated heterocycles. The van der Waals surface area contributed by atoms with Crippen LogP contribution in [0.1, 0.15) is 13.3 Å². The van der Waals surface area contributed by atoms with Crippen molar-refractivity contribution in [2.75, 3.05) is 7.11 Å². The van der Waals surface area contributed by atoms with Crippen molar-refractivity contribution in [3.8, 4) is 0 Å². The Morgan fingerprint density at radius 2 is 2.00 bits per heavy atom. The van der Waals surface area contributed by atoms with Gasteiger partial charge in [-0.25, -0.2) is 0 Å². The van der Waals surface area contributed by atoms with Crippen molar-refractivity contribution in [2.45, 2.75) is 38.1 Å². The van der Waals surface area contributed by atoms with E-state index in [2.05, 4.69) is 37.0 Å². The summed E-state index contributed by atoms with van der Waals surface area (Å²) in [5, 5.41) is 5.06. The second-order valence-corrected chi connectivity index (χ2v) is 10.4. The number of nitrogens with zero attached hydrogens (tertiary/aromatic N) is 1. The van der Waals surface area contributed by atoms with Gasteiger partial charge in [0.15, 0.2) is 0 Å². The van der Waals surface area contributed by atoms with Crippen LogP contribution in [0.15, 0.2) is 48.1 Å². The van der Waals surface area contributed by atoms with E-state index in [9.17, 15) is 4.79 Å². The Labute approximate surface area is 133 Å². The average Bonchev–Trinajstić information content (AvgIpc) is 2.48. The molecule has 1 rings (SSSR count). The van der Waals surface area contributed by atoms with Crippen molar-refractivity contribution in [3.63, 3.8) is 0 Å². The van der Waals surface area contributed by atoms with Crippen molar-refractivity contribution in [1.29, 1.82) is 0 Å². The largest absolute Gasteiger partial charge is 0.462 e. The Bertz CT molecular complexity index is 514. The SMILES string of the molecule is C=C[C@H]([C@H](C/C=N\OC)OC(C)=O)[Si](C)(C)c1ccccc1.